The maximum Gasteiger partial charge on any atom is 0.414 e. The van der Waals surface area contributed by atoms with Gasteiger partial charge in [0.05, 0.1) is 35.4 Å². The van der Waals surface area contributed by atoms with Crippen molar-refractivity contribution in [3.05, 3.63) is 83.4 Å². The molecule has 7 rings (SSSR count). The van der Waals surface area contributed by atoms with Gasteiger partial charge in [-0.05, 0) is 55.0 Å². The molecule has 1 atom stereocenters. The van der Waals surface area contributed by atoms with E-state index in [1.165, 1.54) is 23.2 Å². The molecule has 1 unspecified atom stereocenters. The van der Waals surface area contributed by atoms with Crippen LogP contribution in [0.2, 0.25) is 0 Å². The fourth-order valence-corrected chi connectivity index (χ4v) is 6.40. The van der Waals surface area contributed by atoms with Crippen LogP contribution in [0.15, 0.2) is 60.8 Å². The summed E-state index contributed by atoms with van der Waals surface area (Å²) in [5, 5.41) is 9.19. The number of carbonyl (C=O) groups excluding carboxylic acids is 2. The number of fused-ring (bicyclic) bond motifs is 4. The molecule has 224 valence electrons. The summed E-state index contributed by atoms with van der Waals surface area (Å²) in [6, 6.07) is 14.4. The average molecular weight is 622 g/mol. The first-order valence-corrected chi connectivity index (χ1v) is 14.5. The third kappa shape index (κ3) is 4.88. The highest BCUT2D eigenvalue weighted by Crippen LogP contribution is 2.38. The second kappa shape index (κ2) is 10.9. The summed E-state index contributed by atoms with van der Waals surface area (Å²) >= 11 is 0. The Morgan fingerprint density at radius 1 is 1.16 bits per heavy atom. The van der Waals surface area contributed by atoms with Crippen molar-refractivity contribution in [3.63, 3.8) is 0 Å². The molecule has 0 aliphatic carbocycles. The van der Waals surface area contributed by atoms with E-state index in [0.29, 0.717) is 28.0 Å². The standard InChI is InChI=1S/C30H23F3N5O5P/c1-15-8-17(43-23-5-3-2-4-19(23)31)11-25-27(15)38-29(36-44-25)18(13-34-38)28(39)21-9-16-10-24(42-14-26(32)33)22(12-20(16)35-21)37-6-7-41-30(37)40/h2-5,8-13,26,35-36,44H,6-7,14H2,1H3. The fourth-order valence-electron chi connectivity index (χ4n) is 5.27. The second-order valence-corrected chi connectivity index (χ2v) is 11.2. The highest BCUT2D eigenvalue weighted by Gasteiger charge is 2.30. The van der Waals surface area contributed by atoms with Crippen molar-refractivity contribution in [2.24, 2.45) is 0 Å². The van der Waals surface area contributed by atoms with Crippen molar-refractivity contribution in [1.82, 2.24) is 14.8 Å². The number of ether oxygens (including phenoxy) is 3. The van der Waals surface area contributed by atoms with Gasteiger partial charge in [0.2, 0.25) is 5.78 Å². The molecule has 2 N–H and O–H groups in total. The number of aryl methyl sites for hydroxylation is 1. The Morgan fingerprint density at radius 2 is 2.00 bits per heavy atom. The number of halogens is 3. The molecule has 2 aliphatic heterocycles. The van der Waals surface area contributed by atoms with Gasteiger partial charge in [-0.1, -0.05) is 12.1 Å². The third-order valence-corrected chi connectivity index (χ3v) is 8.25. The van der Waals surface area contributed by atoms with E-state index in [4.69, 9.17) is 14.2 Å². The number of carbonyl (C=O) groups is 2. The van der Waals surface area contributed by atoms with E-state index in [2.05, 4.69) is 15.2 Å². The maximum atomic E-state index is 14.1. The lowest BCUT2D eigenvalue weighted by atomic mass is 10.1. The number of cyclic esters (lactones) is 1. The molecule has 1 saturated heterocycles. The number of amides is 1. The summed E-state index contributed by atoms with van der Waals surface area (Å²) in [5.41, 5.74) is 2.93. The summed E-state index contributed by atoms with van der Waals surface area (Å²) in [5.74, 6) is 0.356. The van der Waals surface area contributed by atoms with Crippen LogP contribution in [-0.4, -0.2) is 52.8 Å². The predicted octanol–water partition coefficient (Wildman–Crippen LogP) is 6.07. The zero-order valence-corrected chi connectivity index (χ0v) is 24.0. The molecular formula is C30H23F3N5O5P. The van der Waals surface area contributed by atoms with E-state index in [-0.39, 0.29) is 50.5 Å². The largest absolute Gasteiger partial charge is 0.485 e. The molecule has 1 fully saturated rings. The third-order valence-electron chi connectivity index (χ3n) is 7.24. The molecular weight excluding hydrogens is 598 g/mol. The van der Waals surface area contributed by atoms with Gasteiger partial charge < -0.3 is 24.3 Å². The Bertz CT molecular complexity index is 1960. The number of benzene rings is 3. The van der Waals surface area contributed by atoms with Crippen molar-refractivity contribution < 1.29 is 37.0 Å². The van der Waals surface area contributed by atoms with E-state index in [1.807, 2.05) is 13.0 Å². The molecule has 5 aromatic rings. The fraction of sp³-hybridized carbons (Fsp3) is 0.167. The average Bonchev–Trinajstić information content (AvgIpc) is 3.74. The van der Waals surface area contributed by atoms with Crippen molar-refractivity contribution in [2.75, 3.05) is 29.7 Å². The van der Waals surface area contributed by atoms with Gasteiger partial charge >= 0.3 is 6.09 Å². The Morgan fingerprint density at radius 3 is 2.77 bits per heavy atom. The van der Waals surface area contributed by atoms with E-state index in [0.717, 1.165) is 16.6 Å². The van der Waals surface area contributed by atoms with E-state index in [1.54, 1.807) is 41.1 Å². The van der Waals surface area contributed by atoms with Crippen LogP contribution >= 0.6 is 8.73 Å². The summed E-state index contributed by atoms with van der Waals surface area (Å²) < 4.78 is 57.8. The minimum absolute atomic E-state index is 0.0651. The number of ketones is 1. The summed E-state index contributed by atoms with van der Waals surface area (Å²) in [4.78, 5) is 30.4. The highest BCUT2D eigenvalue weighted by atomic mass is 31.1. The molecule has 10 nitrogen and oxygen atoms in total. The van der Waals surface area contributed by atoms with Crippen LogP contribution in [0.5, 0.6) is 17.2 Å². The van der Waals surface area contributed by atoms with Crippen molar-refractivity contribution >= 4 is 48.3 Å². The number of H-pyrrole nitrogens is 1. The molecule has 44 heavy (non-hydrogen) atoms. The zero-order chi connectivity index (χ0) is 30.5. The van der Waals surface area contributed by atoms with Crippen LogP contribution in [0.4, 0.5) is 29.5 Å². The number of hydrogen-bond donors (Lipinski definition) is 2. The Labute approximate surface area is 249 Å². The first-order chi connectivity index (χ1) is 21.3. The van der Waals surface area contributed by atoms with Gasteiger partial charge in [0.25, 0.3) is 6.43 Å². The van der Waals surface area contributed by atoms with Crippen molar-refractivity contribution in [3.8, 4) is 22.9 Å². The molecule has 0 saturated carbocycles. The van der Waals surface area contributed by atoms with Crippen LogP contribution in [0.1, 0.15) is 21.6 Å². The number of nitrogens with one attached hydrogen (secondary N) is 2. The number of aromatic amines is 1. The monoisotopic (exact) mass is 621 g/mol. The van der Waals surface area contributed by atoms with Crippen LogP contribution < -0.4 is 24.8 Å². The number of alkyl halides is 2. The lowest BCUT2D eigenvalue weighted by Gasteiger charge is -2.23. The van der Waals surface area contributed by atoms with E-state index in [9.17, 15) is 22.8 Å². The van der Waals surface area contributed by atoms with Gasteiger partial charge in [0.1, 0.15) is 30.5 Å². The minimum atomic E-state index is -2.71. The van der Waals surface area contributed by atoms with Gasteiger partial charge in [-0.25, -0.2) is 22.6 Å². The van der Waals surface area contributed by atoms with Gasteiger partial charge in [-0.15, -0.1) is 0 Å². The molecule has 4 heterocycles. The van der Waals surface area contributed by atoms with Gasteiger partial charge in [-0.3, -0.25) is 9.69 Å². The molecule has 0 spiro atoms. The molecule has 1 amide bonds. The number of anilines is 2. The summed E-state index contributed by atoms with van der Waals surface area (Å²) in [6.07, 6.45) is -1.86. The number of aromatic nitrogens is 3. The molecule has 0 bridgehead atoms. The Balaban J connectivity index is 1.21. The maximum absolute atomic E-state index is 14.1. The van der Waals surface area contributed by atoms with Gasteiger partial charge in [0.15, 0.2) is 11.6 Å². The molecule has 0 radical (unpaired) electrons. The van der Waals surface area contributed by atoms with Gasteiger partial charge in [-0.2, -0.15) is 5.10 Å². The number of rotatable bonds is 8. The molecule has 14 heteroatoms. The van der Waals surface area contributed by atoms with Crippen LogP contribution in [0, 0.1) is 12.7 Å². The topological polar surface area (TPSA) is 111 Å². The first-order valence-electron chi connectivity index (χ1n) is 13.5. The molecule has 3 aromatic carbocycles. The minimum Gasteiger partial charge on any atom is -0.485 e. The smallest absolute Gasteiger partial charge is 0.414 e. The molecule has 2 aliphatic rings. The molecule has 2 aromatic heterocycles. The van der Waals surface area contributed by atoms with Crippen LogP contribution in [0.25, 0.3) is 16.6 Å². The SMILES string of the molecule is Cc1cc(Oc2ccccc2F)cc2c1-n1ncc(C(=O)c3cc4cc(OCC(F)F)c(N5CCOC5=O)cc4[nH]3)c1NP2. The Kier molecular flexibility index (Phi) is 6.89. The van der Waals surface area contributed by atoms with Gasteiger partial charge in [0, 0.05) is 24.9 Å². The quantitative estimate of drug-likeness (QED) is 0.160. The summed E-state index contributed by atoms with van der Waals surface area (Å²) in [7, 11) is 0.0651. The van der Waals surface area contributed by atoms with Crippen molar-refractivity contribution in [1.29, 1.82) is 0 Å². The van der Waals surface area contributed by atoms with E-state index >= 15 is 0 Å². The normalized spacial score (nSPS) is 14.5. The lowest BCUT2D eigenvalue weighted by molar-refractivity contribution is 0.0822. The highest BCUT2D eigenvalue weighted by molar-refractivity contribution is 7.49. The number of hydrogen-bond acceptors (Lipinski definition) is 7. The second-order valence-electron chi connectivity index (χ2n) is 10.1. The zero-order valence-electron chi connectivity index (χ0n) is 23.0. The Hall–Kier alpha value is -5.03. The number of nitrogens with zero attached hydrogens (tertiary/aromatic N) is 3. The van der Waals surface area contributed by atoms with Crippen LogP contribution in [-0.2, 0) is 4.74 Å². The van der Waals surface area contributed by atoms with E-state index < -0.39 is 24.9 Å². The van der Waals surface area contributed by atoms with Crippen molar-refractivity contribution in [2.45, 2.75) is 13.3 Å². The number of para-hydroxylation sites is 1. The lowest BCUT2D eigenvalue weighted by Crippen LogP contribution is -2.24. The van der Waals surface area contributed by atoms with Crippen LogP contribution in [0.3, 0.4) is 0 Å². The first kappa shape index (κ1) is 27.8. The summed E-state index contributed by atoms with van der Waals surface area (Å²) in [6.45, 7) is 1.41. The predicted molar refractivity (Wildman–Crippen MR) is 158 cm³/mol.